The van der Waals surface area contributed by atoms with Gasteiger partial charge >= 0.3 is 0 Å². The molecule has 2 rings (SSSR count). The highest BCUT2D eigenvalue weighted by molar-refractivity contribution is 5.93. The summed E-state index contributed by atoms with van der Waals surface area (Å²) in [6.07, 6.45) is 0.672. The number of nitrogens with zero attached hydrogens (tertiary/aromatic N) is 1. The van der Waals surface area contributed by atoms with Gasteiger partial charge in [0, 0.05) is 11.6 Å². The number of aliphatic hydroxyl groups is 1. The van der Waals surface area contributed by atoms with Crippen molar-refractivity contribution in [2.45, 2.75) is 26.3 Å². The molecule has 0 saturated carbocycles. The van der Waals surface area contributed by atoms with Crippen LogP contribution < -0.4 is 5.32 Å². The zero-order valence-corrected chi connectivity index (χ0v) is 12.5. The van der Waals surface area contributed by atoms with Gasteiger partial charge in [0.1, 0.15) is 5.82 Å². The molecule has 0 bridgehead atoms. The van der Waals surface area contributed by atoms with Gasteiger partial charge in [-0.1, -0.05) is 19.0 Å². The summed E-state index contributed by atoms with van der Waals surface area (Å²) in [5.41, 5.74) is 0.760. The van der Waals surface area contributed by atoms with Crippen LogP contribution in [0, 0.1) is 11.7 Å². The van der Waals surface area contributed by atoms with Gasteiger partial charge in [-0.05, 0) is 36.6 Å². The Morgan fingerprint density at radius 1 is 1.36 bits per heavy atom. The Labute approximate surface area is 128 Å². The van der Waals surface area contributed by atoms with Gasteiger partial charge in [-0.2, -0.15) is 0 Å². The van der Waals surface area contributed by atoms with Gasteiger partial charge in [0.2, 0.25) is 0 Å². The van der Waals surface area contributed by atoms with E-state index in [0.29, 0.717) is 23.7 Å². The predicted molar refractivity (Wildman–Crippen MR) is 79.7 cm³/mol. The maximum Gasteiger partial charge on any atom is 0.273 e. The lowest BCUT2D eigenvalue weighted by Crippen LogP contribution is -2.38. The summed E-state index contributed by atoms with van der Waals surface area (Å²) in [6.45, 7) is 3.89. The maximum atomic E-state index is 12.9. The van der Waals surface area contributed by atoms with E-state index in [1.807, 2.05) is 13.8 Å². The number of hydrogen-bond acceptors (Lipinski definition) is 4. The molecule has 1 heterocycles. The van der Waals surface area contributed by atoms with Crippen LogP contribution >= 0.6 is 0 Å². The Morgan fingerprint density at radius 2 is 2.05 bits per heavy atom. The molecule has 1 unspecified atom stereocenters. The van der Waals surface area contributed by atoms with Crippen LogP contribution in [-0.4, -0.2) is 28.8 Å². The molecule has 1 atom stereocenters. The normalized spacial score (nSPS) is 12.4. The van der Waals surface area contributed by atoms with Gasteiger partial charge in [-0.25, -0.2) is 4.39 Å². The number of aromatic nitrogens is 1. The van der Waals surface area contributed by atoms with Crippen molar-refractivity contribution in [3.05, 3.63) is 41.8 Å². The second-order valence-electron chi connectivity index (χ2n) is 5.57. The third kappa shape index (κ3) is 4.14. The van der Waals surface area contributed by atoms with Gasteiger partial charge in [0.15, 0.2) is 11.5 Å². The highest BCUT2D eigenvalue weighted by Gasteiger charge is 2.18. The first-order chi connectivity index (χ1) is 10.5. The molecule has 2 N–H and O–H groups in total. The van der Waals surface area contributed by atoms with Crippen LogP contribution in [0.1, 0.15) is 30.8 Å². The summed E-state index contributed by atoms with van der Waals surface area (Å²) in [6, 6.07) is 6.88. The minimum atomic E-state index is -0.406. The van der Waals surface area contributed by atoms with E-state index >= 15 is 0 Å². The SMILES string of the molecule is CC(C)CC(CO)NC(=O)c1cc(-c2ccc(F)cc2)on1. The summed E-state index contributed by atoms with van der Waals surface area (Å²) in [7, 11) is 0. The topological polar surface area (TPSA) is 75.4 Å². The minimum absolute atomic E-state index is 0.126. The summed E-state index contributed by atoms with van der Waals surface area (Å²) in [5.74, 6) is -0.0170. The number of benzene rings is 1. The van der Waals surface area contributed by atoms with E-state index in [1.165, 1.54) is 18.2 Å². The molecule has 1 aromatic heterocycles. The molecule has 0 aliphatic carbocycles. The molecule has 1 aromatic carbocycles. The summed E-state index contributed by atoms with van der Waals surface area (Å²) in [4.78, 5) is 12.1. The molecule has 0 spiro atoms. The van der Waals surface area contributed by atoms with Gasteiger partial charge in [0.05, 0.1) is 12.6 Å². The van der Waals surface area contributed by atoms with Crippen molar-refractivity contribution in [2.24, 2.45) is 5.92 Å². The number of carbonyl (C=O) groups is 1. The van der Waals surface area contributed by atoms with Crippen LogP contribution in [0.2, 0.25) is 0 Å². The highest BCUT2D eigenvalue weighted by Crippen LogP contribution is 2.20. The summed E-state index contributed by atoms with van der Waals surface area (Å²) in [5, 5.41) is 15.7. The minimum Gasteiger partial charge on any atom is -0.394 e. The van der Waals surface area contributed by atoms with Crippen molar-refractivity contribution in [1.82, 2.24) is 10.5 Å². The Hall–Kier alpha value is -2.21. The van der Waals surface area contributed by atoms with Crippen LogP contribution in [0.4, 0.5) is 4.39 Å². The van der Waals surface area contributed by atoms with Crippen molar-refractivity contribution in [3.63, 3.8) is 0 Å². The number of amides is 1. The Morgan fingerprint density at radius 3 is 2.64 bits per heavy atom. The predicted octanol–water partition coefficient (Wildman–Crippen LogP) is 2.62. The van der Waals surface area contributed by atoms with E-state index in [0.717, 1.165) is 0 Å². The molecule has 5 nitrogen and oxygen atoms in total. The van der Waals surface area contributed by atoms with Gasteiger partial charge in [-0.15, -0.1) is 0 Å². The fourth-order valence-electron chi connectivity index (χ4n) is 2.14. The van der Waals surface area contributed by atoms with Crippen LogP contribution in [0.25, 0.3) is 11.3 Å². The zero-order valence-electron chi connectivity index (χ0n) is 12.5. The van der Waals surface area contributed by atoms with E-state index < -0.39 is 5.91 Å². The summed E-state index contributed by atoms with van der Waals surface area (Å²) < 4.78 is 18.0. The van der Waals surface area contributed by atoms with Gasteiger partial charge in [0.25, 0.3) is 5.91 Å². The number of aliphatic hydroxyl groups excluding tert-OH is 1. The second-order valence-corrected chi connectivity index (χ2v) is 5.57. The molecule has 0 aliphatic heterocycles. The van der Waals surface area contributed by atoms with Crippen LogP contribution in [0.3, 0.4) is 0 Å². The average Bonchev–Trinajstić information content (AvgIpc) is 2.96. The van der Waals surface area contributed by atoms with Crippen molar-refractivity contribution in [2.75, 3.05) is 6.61 Å². The fourth-order valence-corrected chi connectivity index (χ4v) is 2.14. The van der Waals surface area contributed by atoms with E-state index in [4.69, 9.17) is 4.52 Å². The van der Waals surface area contributed by atoms with Crippen molar-refractivity contribution >= 4 is 5.91 Å². The quantitative estimate of drug-likeness (QED) is 0.860. The van der Waals surface area contributed by atoms with Crippen molar-refractivity contribution in [3.8, 4) is 11.3 Å². The fraction of sp³-hybridized carbons (Fsp3) is 0.375. The summed E-state index contributed by atoms with van der Waals surface area (Å²) >= 11 is 0. The van der Waals surface area contributed by atoms with Crippen molar-refractivity contribution < 1.29 is 18.8 Å². The molecular formula is C16H19FN2O3. The maximum absolute atomic E-state index is 12.9. The monoisotopic (exact) mass is 306 g/mol. The first-order valence-electron chi connectivity index (χ1n) is 7.14. The Balaban J connectivity index is 2.07. The van der Waals surface area contributed by atoms with Crippen LogP contribution in [-0.2, 0) is 0 Å². The third-order valence-corrected chi connectivity index (χ3v) is 3.18. The van der Waals surface area contributed by atoms with E-state index in [1.54, 1.807) is 12.1 Å². The number of nitrogens with one attached hydrogen (secondary N) is 1. The Kier molecular flexibility index (Phi) is 5.27. The molecule has 0 aliphatic rings. The molecule has 22 heavy (non-hydrogen) atoms. The van der Waals surface area contributed by atoms with Crippen LogP contribution in [0.5, 0.6) is 0 Å². The number of rotatable bonds is 6. The zero-order chi connectivity index (χ0) is 16.1. The molecule has 2 aromatic rings. The average molecular weight is 306 g/mol. The smallest absolute Gasteiger partial charge is 0.273 e. The third-order valence-electron chi connectivity index (χ3n) is 3.18. The molecule has 0 fully saturated rings. The lowest BCUT2D eigenvalue weighted by atomic mass is 10.0. The molecule has 1 amide bonds. The molecule has 118 valence electrons. The lowest BCUT2D eigenvalue weighted by Gasteiger charge is -2.17. The van der Waals surface area contributed by atoms with E-state index in [-0.39, 0.29) is 24.2 Å². The highest BCUT2D eigenvalue weighted by atomic mass is 19.1. The molecule has 0 radical (unpaired) electrons. The standard InChI is InChI=1S/C16H19FN2O3/c1-10(2)7-13(9-20)18-16(21)14-8-15(22-19-14)11-3-5-12(17)6-4-11/h3-6,8,10,13,20H,7,9H2,1-2H3,(H,18,21). The van der Waals surface area contributed by atoms with Crippen molar-refractivity contribution in [1.29, 1.82) is 0 Å². The van der Waals surface area contributed by atoms with Gasteiger partial charge in [-0.3, -0.25) is 4.79 Å². The molecule has 6 heteroatoms. The number of halogens is 1. The van der Waals surface area contributed by atoms with Crippen LogP contribution in [0.15, 0.2) is 34.9 Å². The first-order valence-corrected chi connectivity index (χ1v) is 7.14. The van der Waals surface area contributed by atoms with Gasteiger partial charge < -0.3 is 14.9 Å². The largest absolute Gasteiger partial charge is 0.394 e. The Bertz CT molecular complexity index is 623. The number of hydrogen-bond donors (Lipinski definition) is 2. The lowest BCUT2D eigenvalue weighted by molar-refractivity contribution is 0.0899. The second kappa shape index (κ2) is 7.17. The molecular weight excluding hydrogens is 287 g/mol. The van der Waals surface area contributed by atoms with E-state index in [9.17, 15) is 14.3 Å². The van der Waals surface area contributed by atoms with E-state index in [2.05, 4.69) is 10.5 Å². The molecule has 0 saturated heterocycles. The first kappa shape index (κ1) is 16.2. The number of carbonyl (C=O) groups excluding carboxylic acids is 1.